The molecule has 2 N–H and O–H groups in total. The molecule has 3 rings (SSSR count). The largest absolute Gasteiger partial charge is 0.389 e. The number of nitrogens with zero attached hydrogens (tertiary/aromatic N) is 1. The minimum absolute atomic E-state index is 0.300. The molecule has 0 aromatic carbocycles. The maximum atomic E-state index is 10.7. The number of aliphatic hydroxyl groups is 1. The molecule has 92 valence electrons. The summed E-state index contributed by atoms with van der Waals surface area (Å²) in [6.07, 6.45) is 5.81. The molecule has 4 heteroatoms. The smallest absolute Gasteiger partial charge is 0.0719 e. The van der Waals surface area contributed by atoms with Crippen LogP contribution in [0.25, 0.3) is 0 Å². The highest BCUT2D eigenvalue weighted by Crippen LogP contribution is 2.30. The third-order valence-corrected chi connectivity index (χ3v) is 3.64. The number of hydrogen-bond acceptors (Lipinski definition) is 4. The Hall–Kier alpha value is -0.970. The zero-order valence-electron chi connectivity index (χ0n) is 9.80. The number of fused-ring (bicyclic) bond motifs is 2. The van der Waals surface area contributed by atoms with Gasteiger partial charge in [0, 0.05) is 30.9 Å². The maximum Gasteiger partial charge on any atom is 0.0719 e. The zero-order valence-corrected chi connectivity index (χ0v) is 9.80. The molecule has 2 unspecified atom stereocenters. The Bertz CT molecular complexity index is 370. The molecule has 0 spiro atoms. The predicted molar refractivity (Wildman–Crippen MR) is 63.7 cm³/mol. The van der Waals surface area contributed by atoms with Crippen molar-refractivity contribution in [2.24, 2.45) is 0 Å². The second-order valence-electron chi connectivity index (χ2n) is 5.26. The van der Waals surface area contributed by atoms with Crippen LogP contribution >= 0.6 is 0 Å². The Morgan fingerprint density at radius 1 is 1.29 bits per heavy atom. The normalized spacial score (nSPS) is 36.8. The second-order valence-corrected chi connectivity index (χ2v) is 5.26. The van der Waals surface area contributed by atoms with Crippen LogP contribution in [-0.2, 0) is 11.2 Å². The van der Waals surface area contributed by atoms with Crippen LogP contribution in [0.4, 0.5) is 0 Å². The van der Waals surface area contributed by atoms with Crippen molar-refractivity contribution in [1.29, 1.82) is 0 Å². The van der Waals surface area contributed by atoms with Gasteiger partial charge in [-0.15, -0.1) is 0 Å². The summed E-state index contributed by atoms with van der Waals surface area (Å²) in [6.45, 7) is 1.43. The minimum Gasteiger partial charge on any atom is -0.389 e. The molecule has 0 radical (unpaired) electrons. The Kier molecular flexibility index (Phi) is 2.86. The summed E-state index contributed by atoms with van der Waals surface area (Å²) in [7, 11) is 0. The van der Waals surface area contributed by atoms with Crippen molar-refractivity contribution < 1.29 is 9.84 Å². The van der Waals surface area contributed by atoms with Gasteiger partial charge in [-0.1, -0.05) is 0 Å². The lowest BCUT2D eigenvalue weighted by molar-refractivity contribution is -0.0755. The van der Waals surface area contributed by atoms with Gasteiger partial charge in [0.15, 0.2) is 0 Å². The highest BCUT2D eigenvalue weighted by atomic mass is 16.5. The highest BCUT2D eigenvalue weighted by molar-refractivity contribution is 5.14. The molecule has 1 aromatic rings. The van der Waals surface area contributed by atoms with Gasteiger partial charge in [0.1, 0.15) is 0 Å². The fraction of sp³-hybridized carbons (Fsp3) is 0.615. The highest BCUT2D eigenvalue weighted by Gasteiger charge is 2.41. The Balaban J connectivity index is 1.73. The number of morpholine rings is 1. The van der Waals surface area contributed by atoms with E-state index in [1.165, 1.54) is 0 Å². The van der Waals surface area contributed by atoms with Gasteiger partial charge in [0.25, 0.3) is 0 Å². The topological polar surface area (TPSA) is 54.4 Å². The second kappa shape index (κ2) is 4.37. The van der Waals surface area contributed by atoms with Crippen molar-refractivity contribution in [2.45, 2.75) is 36.9 Å². The van der Waals surface area contributed by atoms with E-state index in [1.807, 2.05) is 12.1 Å². The number of ether oxygens (including phenoxy) is 1. The molecule has 2 saturated heterocycles. The first kappa shape index (κ1) is 11.1. The molecule has 2 atom stereocenters. The van der Waals surface area contributed by atoms with Crippen molar-refractivity contribution in [3.05, 3.63) is 30.1 Å². The Labute approximate surface area is 101 Å². The predicted octanol–water partition coefficient (Wildman–Crippen LogP) is 0.506. The maximum absolute atomic E-state index is 10.7. The molecular weight excluding hydrogens is 216 g/mol. The van der Waals surface area contributed by atoms with Crippen LogP contribution in [0.15, 0.2) is 24.5 Å². The van der Waals surface area contributed by atoms with Crippen molar-refractivity contribution in [1.82, 2.24) is 10.3 Å². The fourth-order valence-corrected chi connectivity index (χ4v) is 3.04. The van der Waals surface area contributed by atoms with Gasteiger partial charge in [0.05, 0.1) is 18.8 Å². The molecule has 0 aliphatic carbocycles. The van der Waals surface area contributed by atoms with Crippen LogP contribution < -0.4 is 5.32 Å². The molecule has 2 aliphatic heterocycles. The lowest BCUT2D eigenvalue weighted by atomic mass is 9.79. The summed E-state index contributed by atoms with van der Waals surface area (Å²) in [5.41, 5.74) is 0.564. The molecule has 0 saturated carbocycles. The Morgan fingerprint density at radius 2 is 1.94 bits per heavy atom. The third-order valence-electron chi connectivity index (χ3n) is 3.64. The van der Waals surface area contributed by atoms with Gasteiger partial charge < -0.3 is 15.2 Å². The number of pyridine rings is 1. The molecule has 1 aromatic heterocycles. The summed E-state index contributed by atoms with van der Waals surface area (Å²) >= 11 is 0. The molecule has 17 heavy (non-hydrogen) atoms. The molecule has 2 aliphatic rings. The van der Waals surface area contributed by atoms with Crippen molar-refractivity contribution >= 4 is 0 Å². The van der Waals surface area contributed by atoms with Gasteiger partial charge in [-0.25, -0.2) is 0 Å². The van der Waals surface area contributed by atoms with E-state index in [-0.39, 0.29) is 0 Å². The number of nitrogens with one attached hydrogen (secondary N) is 1. The van der Waals surface area contributed by atoms with Gasteiger partial charge in [-0.05, 0) is 30.5 Å². The van der Waals surface area contributed by atoms with E-state index in [9.17, 15) is 5.11 Å². The lowest BCUT2D eigenvalue weighted by Gasteiger charge is -2.45. The molecule has 4 nitrogen and oxygen atoms in total. The van der Waals surface area contributed by atoms with Crippen LogP contribution in [0, 0.1) is 0 Å². The first-order chi connectivity index (χ1) is 8.23. The molecule has 0 amide bonds. The van der Waals surface area contributed by atoms with E-state index < -0.39 is 5.60 Å². The van der Waals surface area contributed by atoms with E-state index in [0.717, 1.165) is 31.6 Å². The summed E-state index contributed by atoms with van der Waals surface area (Å²) in [4.78, 5) is 4.00. The van der Waals surface area contributed by atoms with E-state index in [0.29, 0.717) is 18.5 Å². The van der Waals surface area contributed by atoms with Gasteiger partial charge in [-0.3, -0.25) is 4.98 Å². The van der Waals surface area contributed by atoms with Crippen LogP contribution in [-0.4, -0.2) is 41.0 Å². The summed E-state index contributed by atoms with van der Waals surface area (Å²) in [6, 6.07) is 4.56. The van der Waals surface area contributed by atoms with Crippen molar-refractivity contribution in [3.8, 4) is 0 Å². The first-order valence-electron chi connectivity index (χ1n) is 6.19. The molecular formula is C13H18N2O2. The minimum atomic E-state index is -0.592. The van der Waals surface area contributed by atoms with Crippen LogP contribution in [0.2, 0.25) is 0 Å². The van der Waals surface area contributed by atoms with Gasteiger partial charge in [-0.2, -0.15) is 0 Å². The van der Waals surface area contributed by atoms with E-state index in [4.69, 9.17) is 4.74 Å². The van der Waals surface area contributed by atoms with Crippen molar-refractivity contribution in [2.75, 3.05) is 13.2 Å². The monoisotopic (exact) mass is 234 g/mol. The summed E-state index contributed by atoms with van der Waals surface area (Å²) in [5.74, 6) is 0. The zero-order chi connectivity index (χ0) is 11.7. The van der Waals surface area contributed by atoms with Gasteiger partial charge in [0.2, 0.25) is 0 Å². The number of rotatable bonds is 2. The summed E-state index contributed by atoms with van der Waals surface area (Å²) < 4.78 is 5.50. The molecule has 3 heterocycles. The SMILES string of the molecule is OC1(Cc2ccncc2)CC2COCC(C1)N2. The number of hydrogen-bond donors (Lipinski definition) is 2. The Morgan fingerprint density at radius 3 is 2.59 bits per heavy atom. The van der Waals surface area contributed by atoms with Crippen LogP contribution in [0.3, 0.4) is 0 Å². The first-order valence-corrected chi connectivity index (χ1v) is 6.19. The van der Waals surface area contributed by atoms with Crippen molar-refractivity contribution in [3.63, 3.8) is 0 Å². The van der Waals surface area contributed by atoms with Crippen LogP contribution in [0.1, 0.15) is 18.4 Å². The summed E-state index contributed by atoms with van der Waals surface area (Å²) in [5, 5.41) is 14.2. The number of aromatic nitrogens is 1. The number of piperidine rings is 1. The van der Waals surface area contributed by atoms with E-state index in [1.54, 1.807) is 12.4 Å². The average Bonchev–Trinajstić information content (AvgIpc) is 2.28. The molecule has 2 bridgehead atoms. The third kappa shape index (κ3) is 2.49. The van der Waals surface area contributed by atoms with Crippen LogP contribution in [0.5, 0.6) is 0 Å². The lowest BCUT2D eigenvalue weighted by Crippen LogP contribution is -2.60. The quantitative estimate of drug-likeness (QED) is 0.782. The van der Waals surface area contributed by atoms with E-state index >= 15 is 0 Å². The standard InChI is InChI=1S/C13H18N2O2/c16-13(5-10-1-3-14-4-2-10)6-11-8-17-9-12(7-13)15-11/h1-4,11-12,15-16H,5-9H2. The fourth-order valence-electron chi connectivity index (χ4n) is 3.04. The van der Waals surface area contributed by atoms with E-state index in [2.05, 4.69) is 10.3 Å². The van der Waals surface area contributed by atoms with Gasteiger partial charge >= 0.3 is 0 Å². The molecule has 2 fully saturated rings. The average molecular weight is 234 g/mol.